The lowest BCUT2D eigenvalue weighted by molar-refractivity contribution is 0.841. The minimum Gasteiger partial charge on any atom is -0.366 e. The molecule has 1 rings (SSSR count). The number of hydrogen-bond donors (Lipinski definition) is 2. The zero-order valence-corrected chi connectivity index (χ0v) is 4.48. The first kappa shape index (κ1) is 5.54. The molecular weight excluding hydrogens is 122 g/mol. The summed E-state index contributed by atoms with van der Waals surface area (Å²) in [6.07, 6.45) is 0.982. The van der Waals surface area contributed by atoms with E-state index in [1.165, 1.54) is 0 Å². The first-order valence-electron chi connectivity index (χ1n) is 2.17. The smallest absolute Gasteiger partial charge is 0.292 e. The number of nitrogens with two attached hydrogens (primary N) is 2. The van der Waals surface area contributed by atoms with Crippen LogP contribution in [0.2, 0.25) is 0 Å². The van der Waals surface area contributed by atoms with Crippen LogP contribution in [0.25, 0.3) is 0 Å². The maximum atomic E-state index is 10.5. The summed E-state index contributed by atoms with van der Waals surface area (Å²) in [6.45, 7) is 0. The second-order valence-corrected chi connectivity index (χ2v) is 1.41. The van der Waals surface area contributed by atoms with Crippen LogP contribution in [0, 0.1) is 0 Å². The van der Waals surface area contributed by atoms with Crippen molar-refractivity contribution in [1.29, 1.82) is 0 Å². The Morgan fingerprint density at radius 3 is 2.78 bits per heavy atom. The molecule has 0 atom stereocenters. The van der Waals surface area contributed by atoms with Crippen LogP contribution in [0.5, 0.6) is 0 Å². The van der Waals surface area contributed by atoms with Gasteiger partial charge in [-0.2, -0.15) is 4.68 Å². The first-order valence-corrected chi connectivity index (χ1v) is 2.17. The van der Waals surface area contributed by atoms with Crippen molar-refractivity contribution in [3.63, 3.8) is 0 Å². The number of nitrogen functional groups attached to an aromatic ring is 2. The van der Waals surface area contributed by atoms with Gasteiger partial charge in [-0.15, -0.1) is 10.2 Å². The average Bonchev–Trinajstić information content (AvgIpc) is 1.83. The number of anilines is 1. The summed E-state index contributed by atoms with van der Waals surface area (Å²) in [4.78, 5) is 10.5. The van der Waals surface area contributed by atoms with Gasteiger partial charge < -0.3 is 11.6 Å². The second-order valence-electron chi connectivity index (χ2n) is 1.41. The lowest BCUT2D eigenvalue weighted by Gasteiger charge is -1.95. The van der Waals surface area contributed by atoms with Gasteiger partial charge in [0.15, 0.2) is 0 Å². The number of nitrogens with zero attached hydrogens (tertiary/aromatic N) is 3. The fourth-order valence-electron chi connectivity index (χ4n) is 0.361. The van der Waals surface area contributed by atoms with Gasteiger partial charge in [0, 0.05) is 0 Å². The van der Waals surface area contributed by atoms with Gasteiger partial charge in [-0.3, -0.25) is 4.79 Å². The van der Waals surface area contributed by atoms with E-state index in [9.17, 15) is 4.79 Å². The summed E-state index contributed by atoms with van der Waals surface area (Å²) in [7, 11) is 0. The molecule has 0 saturated carbocycles. The predicted molar refractivity (Wildman–Crippen MR) is 30.9 cm³/mol. The van der Waals surface area contributed by atoms with Crippen molar-refractivity contribution in [2.45, 2.75) is 0 Å². The van der Waals surface area contributed by atoms with Crippen molar-refractivity contribution in [3.05, 3.63) is 16.6 Å². The molecular formula is C3H5N5O. The van der Waals surface area contributed by atoms with Crippen LogP contribution >= 0.6 is 0 Å². The summed E-state index contributed by atoms with van der Waals surface area (Å²) >= 11 is 0. The number of aromatic nitrogens is 3. The van der Waals surface area contributed by atoms with Crippen LogP contribution in [0.15, 0.2) is 11.0 Å². The Hall–Kier alpha value is -1.59. The summed E-state index contributed by atoms with van der Waals surface area (Å²) in [5, 5.41) is 6.56. The lowest BCUT2D eigenvalue weighted by atomic mass is 10.8. The van der Waals surface area contributed by atoms with Gasteiger partial charge in [0.1, 0.15) is 6.20 Å². The Morgan fingerprint density at radius 1 is 1.67 bits per heavy atom. The van der Waals surface area contributed by atoms with Gasteiger partial charge in [0.25, 0.3) is 5.56 Å². The van der Waals surface area contributed by atoms with Crippen molar-refractivity contribution >= 4 is 5.95 Å². The molecule has 6 nitrogen and oxygen atoms in total. The highest BCUT2D eigenvalue weighted by molar-refractivity contribution is 5.12. The molecule has 9 heavy (non-hydrogen) atoms. The summed E-state index contributed by atoms with van der Waals surface area (Å²) in [5.41, 5.74) is 4.62. The van der Waals surface area contributed by atoms with E-state index in [1.807, 2.05) is 0 Å². The van der Waals surface area contributed by atoms with E-state index in [0.29, 0.717) is 4.68 Å². The molecule has 4 N–H and O–H groups in total. The van der Waals surface area contributed by atoms with Crippen LogP contribution in [-0.4, -0.2) is 14.9 Å². The molecule has 0 aliphatic rings. The Kier molecular flexibility index (Phi) is 1.07. The third kappa shape index (κ3) is 0.809. The minimum absolute atomic E-state index is 0.0949. The highest BCUT2D eigenvalue weighted by Gasteiger charge is 1.93. The third-order valence-electron chi connectivity index (χ3n) is 0.813. The molecule has 48 valence electrons. The van der Waals surface area contributed by atoms with Gasteiger partial charge in [0.2, 0.25) is 5.95 Å². The van der Waals surface area contributed by atoms with Gasteiger partial charge in [-0.05, 0) is 0 Å². The van der Waals surface area contributed by atoms with E-state index in [4.69, 9.17) is 11.6 Å². The normalized spacial score (nSPS) is 9.33. The molecule has 0 unspecified atom stereocenters. The minimum atomic E-state index is -0.470. The fourth-order valence-corrected chi connectivity index (χ4v) is 0.361. The van der Waals surface area contributed by atoms with Gasteiger partial charge >= 0.3 is 0 Å². The van der Waals surface area contributed by atoms with Crippen LogP contribution in [0.4, 0.5) is 5.95 Å². The molecule has 6 heteroatoms. The van der Waals surface area contributed by atoms with Crippen molar-refractivity contribution in [2.75, 3.05) is 11.6 Å². The summed E-state index contributed by atoms with van der Waals surface area (Å²) < 4.78 is 0.715. The van der Waals surface area contributed by atoms with Crippen LogP contribution in [0.3, 0.4) is 0 Å². The van der Waals surface area contributed by atoms with Crippen LogP contribution < -0.4 is 17.1 Å². The second kappa shape index (κ2) is 1.73. The molecule has 1 heterocycles. The first-order chi connectivity index (χ1) is 4.22. The quantitative estimate of drug-likeness (QED) is 0.390. The summed E-state index contributed by atoms with van der Waals surface area (Å²) in [5.74, 6) is 4.96. The third-order valence-corrected chi connectivity index (χ3v) is 0.813. The van der Waals surface area contributed by atoms with E-state index in [-0.39, 0.29) is 5.95 Å². The van der Waals surface area contributed by atoms with E-state index >= 15 is 0 Å². The van der Waals surface area contributed by atoms with Crippen molar-refractivity contribution in [1.82, 2.24) is 14.9 Å². The van der Waals surface area contributed by atoms with Gasteiger partial charge in [-0.1, -0.05) is 0 Å². The molecule has 0 amide bonds. The largest absolute Gasteiger partial charge is 0.366 e. The molecule has 0 radical (unpaired) electrons. The molecule has 0 spiro atoms. The van der Waals surface area contributed by atoms with E-state index in [1.54, 1.807) is 0 Å². The molecule has 0 aliphatic heterocycles. The lowest BCUT2D eigenvalue weighted by Crippen LogP contribution is -2.30. The molecule has 0 aromatic carbocycles. The molecule has 0 fully saturated rings. The van der Waals surface area contributed by atoms with Crippen LogP contribution in [0.1, 0.15) is 0 Å². The van der Waals surface area contributed by atoms with Crippen molar-refractivity contribution in [2.24, 2.45) is 0 Å². The maximum Gasteiger partial charge on any atom is 0.292 e. The van der Waals surface area contributed by atoms with Crippen LogP contribution in [-0.2, 0) is 0 Å². The maximum absolute atomic E-state index is 10.5. The van der Waals surface area contributed by atoms with E-state index < -0.39 is 5.56 Å². The highest BCUT2D eigenvalue weighted by atomic mass is 16.1. The number of hydrogen-bond acceptors (Lipinski definition) is 5. The Balaban J connectivity index is 3.43. The molecule has 1 aromatic heterocycles. The Morgan fingerprint density at radius 2 is 2.33 bits per heavy atom. The van der Waals surface area contributed by atoms with E-state index in [2.05, 4.69) is 10.2 Å². The fraction of sp³-hybridized carbons (Fsp3) is 0. The monoisotopic (exact) mass is 127 g/mol. The summed E-state index contributed by atoms with van der Waals surface area (Å²) in [6, 6.07) is 0. The van der Waals surface area contributed by atoms with Gasteiger partial charge in [-0.25, -0.2) is 0 Å². The van der Waals surface area contributed by atoms with Crippen molar-refractivity contribution < 1.29 is 0 Å². The topological polar surface area (TPSA) is 99.8 Å². The SMILES string of the molecule is Nc1nncc(=O)n1N. The van der Waals surface area contributed by atoms with E-state index in [0.717, 1.165) is 6.20 Å². The number of rotatable bonds is 0. The zero-order chi connectivity index (χ0) is 6.85. The van der Waals surface area contributed by atoms with Crippen molar-refractivity contribution in [3.8, 4) is 0 Å². The molecule has 0 saturated heterocycles. The molecule has 1 aromatic rings. The average molecular weight is 127 g/mol. The molecule has 0 bridgehead atoms. The Bertz CT molecular complexity index is 265. The zero-order valence-electron chi connectivity index (χ0n) is 4.48. The van der Waals surface area contributed by atoms with Gasteiger partial charge in [0.05, 0.1) is 0 Å². The predicted octanol–water partition coefficient (Wildman–Crippen LogP) is -2.07. The standard InChI is InChI=1S/C3H5N5O/c4-3-7-6-1-2(9)8(3)5/h1H,5H2,(H2,4,7). The highest BCUT2D eigenvalue weighted by Crippen LogP contribution is 1.77. The Labute approximate surface area is 50.1 Å². The molecule has 0 aliphatic carbocycles.